The zero-order chi connectivity index (χ0) is 11.1. The molecule has 0 rings (SSSR count). The molecule has 0 aliphatic carbocycles. The average molecular weight is 198 g/mol. The van der Waals surface area contributed by atoms with E-state index in [4.69, 9.17) is 9.84 Å². The van der Waals surface area contributed by atoms with Crippen LogP contribution in [0.4, 0.5) is 0 Å². The Bertz CT molecular complexity index is 216. The minimum Gasteiger partial charge on any atom is -0.392 e. The summed E-state index contributed by atoms with van der Waals surface area (Å²) in [6, 6.07) is 0. The van der Waals surface area contributed by atoms with Gasteiger partial charge in [0, 0.05) is 13.0 Å². The first-order valence-corrected chi connectivity index (χ1v) is 5.00. The first kappa shape index (κ1) is 13.4. The maximum Gasteiger partial charge on any atom is 0.0838 e. The third-order valence-corrected chi connectivity index (χ3v) is 2.43. The highest BCUT2D eigenvalue weighted by atomic mass is 16.5. The van der Waals surface area contributed by atoms with Gasteiger partial charge in [-0.1, -0.05) is 24.6 Å². The second-order valence-corrected chi connectivity index (χ2v) is 3.72. The van der Waals surface area contributed by atoms with Gasteiger partial charge in [0.15, 0.2) is 0 Å². The van der Waals surface area contributed by atoms with Crippen molar-refractivity contribution in [2.24, 2.45) is 5.92 Å². The number of aliphatic hydroxyl groups excluding tert-OH is 1. The summed E-state index contributed by atoms with van der Waals surface area (Å²) in [7, 11) is 1.72. The third-order valence-electron chi connectivity index (χ3n) is 2.43. The van der Waals surface area contributed by atoms with Crippen LogP contribution in [0.2, 0.25) is 0 Å². The molecule has 0 aromatic heterocycles. The van der Waals surface area contributed by atoms with E-state index in [0.29, 0.717) is 5.92 Å². The standard InChI is InChI=1S/C12H22O2/c1-6-10(3)12(14-5)11(4)7-9(2)8-13/h6-7,11-13H,8H2,1-5H3/b9-7+,10-6+/t11-,12+/m1/s1. The van der Waals surface area contributed by atoms with Gasteiger partial charge in [-0.3, -0.25) is 0 Å². The zero-order valence-electron chi connectivity index (χ0n) is 9.87. The number of methoxy groups -OCH3 is 1. The number of rotatable bonds is 5. The van der Waals surface area contributed by atoms with E-state index >= 15 is 0 Å². The molecule has 0 aromatic rings. The molecule has 0 fully saturated rings. The quantitative estimate of drug-likeness (QED) is 0.688. The Hall–Kier alpha value is -0.600. The number of allylic oxidation sites excluding steroid dienone is 1. The summed E-state index contributed by atoms with van der Waals surface area (Å²) >= 11 is 0. The normalized spacial score (nSPS) is 18.1. The summed E-state index contributed by atoms with van der Waals surface area (Å²) in [4.78, 5) is 0. The highest BCUT2D eigenvalue weighted by Gasteiger charge is 2.15. The van der Waals surface area contributed by atoms with Gasteiger partial charge in [0.25, 0.3) is 0 Å². The van der Waals surface area contributed by atoms with E-state index in [9.17, 15) is 0 Å². The molecule has 0 aliphatic rings. The largest absolute Gasteiger partial charge is 0.392 e. The maximum atomic E-state index is 8.91. The maximum absolute atomic E-state index is 8.91. The van der Waals surface area contributed by atoms with Crippen molar-refractivity contribution in [2.45, 2.75) is 33.8 Å². The summed E-state index contributed by atoms with van der Waals surface area (Å²) in [6.45, 7) is 8.22. The summed E-state index contributed by atoms with van der Waals surface area (Å²) in [5.74, 6) is 0.295. The van der Waals surface area contributed by atoms with Crippen LogP contribution in [0.1, 0.15) is 27.7 Å². The summed E-state index contributed by atoms with van der Waals surface area (Å²) in [5, 5.41) is 8.91. The van der Waals surface area contributed by atoms with Crippen LogP contribution in [0.5, 0.6) is 0 Å². The van der Waals surface area contributed by atoms with Gasteiger partial charge < -0.3 is 9.84 Å². The molecular weight excluding hydrogens is 176 g/mol. The molecule has 0 radical (unpaired) electrons. The second kappa shape index (κ2) is 6.80. The van der Waals surface area contributed by atoms with Crippen LogP contribution in [0.15, 0.2) is 23.3 Å². The van der Waals surface area contributed by atoms with E-state index < -0.39 is 0 Å². The molecule has 1 N–H and O–H groups in total. The Morgan fingerprint density at radius 3 is 2.36 bits per heavy atom. The fourth-order valence-electron chi connectivity index (χ4n) is 1.57. The number of hydrogen-bond donors (Lipinski definition) is 1. The van der Waals surface area contributed by atoms with Crippen LogP contribution < -0.4 is 0 Å². The van der Waals surface area contributed by atoms with Crippen LogP contribution in [0.3, 0.4) is 0 Å². The Morgan fingerprint density at radius 2 is 2.00 bits per heavy atom. The van der Waals surface area contributed by atoms with Crippen LogP contribution >= 0.6 is 0 Å². The number of aliphatic hydroxyl groups is 1. The minimum absolute atomic E-state index is 0.113. The molecule has 0 heterocycles. The van der Waals surface area contributed by atoms with Crippen molar-refractivity contribution in [1.29, 1.82) is 0 Å². The fourth-order valence-corrected chi connectivity index (χ4v) is 1.57. The Kier molecular flexibility index (Phi) is 6.50. The molecule has 82 valence electrons. The van der Waals surface area contributed by atoms with Crippen molar-refractivity contribution in [2.75, 3.05) is 13.7 Å². The fraction of sp³-hybridized carbons (Fsp3) is 0.667. The molecule has 0 saturated carbocycles. The van der Waals surface area contributed by atoms with Gasteiger partial charge in [0.2, 0.25) is 0 Å². The molecule has 0 spiro atoms. The number of hydrogen-bond acceptors (Lipinski definition) is 2. The predicted octanol–water partition coefficient (Wildman–Crippen LogP) is 2.54. The first-order valence-electron chi connectivity index (χ1n) is 5.00. The lowest BCUT2D eigenvalue weighted by Crippen LogP contribution is -2.20. The van der Waals surface area contributed by atoms with Gasteiger partial charge >= 0.3 is 0 Å². The van der Waals surface area contributed by atoms with E-state index in [1.165, 1.54) is 5.57 Å². The van der Waals surface area contributed by atoms with Gasteiger partial charge in [-0.2, -0.15) is 0 Å². The lowest BCUT2D eigenvalue weighted by Gasteiger charge is -2.21. The molecule has 2 nitrogen and oxygen atoms in total. The van der Waals surface area contributed by atoms with E-state index in [0.717, 1.165) is 5.57 Å². The smallest absolute Gasteiger partial charge is 0.0838 e. The molecule has 0 aliphatic heterocycles. The molecular formula is C12H22O2. The van der Waals surface area contributed by atoms with E-state index in [-0.39, 0.29) is 12.7 Å². The van der Waals surface area contributed by atoms with Crippen molar-refractivity contribution in [1.82, 2.24) is 0 Å². The summed E-state index contributed by atoms with van der Waals surface area (Å²) in [5.41, 5.74) is 2.21. The highest BCUT2D eigenvalue weighted by Crippen LogP contribution is 2.18. The van der Waals surface area contributed by atoms with Gasteiger partial charge in [-0.25, -0.2) is 0 Å². The molecule has 0 unspecified atom stereocenters. The monoisotopic (exact) mass is 198 g/mol. The Labute approximate surface area is 87.3 Å². The van der Waals surface area contributed by atoms with Crippen molar-refractivity contribution in [3.8, 4) is 0 Å². The lowest BCUT2D eigenvalue weighted by atomic mass is 9.96. The van der Waals surface area contributed by atoms with Crippen molar-refractivity contribution in [3.05, 3.63) is 23.3 Å². The van der Waals surface area contributed by atoms with Crippen molar-refractivity contribution < 1.29 is 9.84 Å². The van der Waals surface area contributed by atoms with Gasteiger partial charge in [-0.15, -0.1) is 0 Å². The molecule has 0 bridgehead atoms. The molecule has 2 heteroatoms. The Balaban J connectivity index is 4.55. The molecule has 0 aromatic carbocycles. The molecule has 14 heavy (non-hydrogen) atoms. The van der Waals surface area contributed by atoms with Gasteiger partial charge in [-0.05, 0) is 26.3 Å². The molecule has 2 atom stereocenters. The van der Waals surface area contributed by atoms with E-state index in [1.54, 1.807) is 7.11 Å². The average Bonchev–Trinajstić information content (AvgIpc) is 2.18. The highest BCUT2D eigenvalue weighted by molar-refractivity contribution is 5.11. The van der Waals surface area contributed by atoms with Crippen molar-refractivity contribution >= 4 is 0 Å². The molecule has 0 saturated heterocycles. The van der Waals surface area contributed by atoms with Gasteiger partial charge in [0.1, 0.15) is 0 Å². The zero-order valence-corrected chi connectivity index (χ0v) is 9.87. The summed E-state index contributed by atoms with van der Waals surface area (Å²) < 4.78 is 5.42. The first-order chi connectivity index (χ1) is 6.56. The number of ether oxygens (including phenoxy) is 1. The minimum atomic E-state index is 0.113. The van der Waals surface area contributed by atoms with Crippen LogP contribution in [0, 0.1) is 5.92 Å². The predicted molar refractivity (Wildman–Crippen MR) is 60.2 cm³/mol. The SMILES string of the molecule is C/C=C(\C)[C@H](OC)[C@H](C)/C=C(\C)CO. The van der Waals surface area contributed by atoms with Crippen molar-refractivity contribution in [3.63, 3.8) is 0 Å². The van der Waals surface area contributed by atoms with Crippen LogP contribution in [-0.2, 0) is 4.74 Å². The topological polar surface area (TPSA) is 29.5 Å². The van der Waals surface area contributed by atoms with E-state index in [1.807, 2.05) is 13.8 Å². The molecule has 0 amide bonds. The summed E-state index contributed by atoms with van der Waals surface area (Å²) in [6.07, 6.45) is 4.23. The van der Waals surface area contributed by atoms with Gasteiger partial charge in [0.05, 0.1) is 12.7 Å². The lowest BCUT2D eigenvalue weighted by molar-refractivity contribution is 0.103. The third kappa shape index (κ3) is 4.07. The Morgan fingerprint density at radius 1 is 1.43 bits per heavy atom. The van der Waals surface area contributed by atoms with Crippen LogP contribution in [-0.4, -0.2) is 24.9 Å². The van der Waals surface area contributed by atoms with Crippen LogP contribution in [0.25, 0.3) is 0 Å². The van der Waals surface area contributed by atoms with E-state index in [2.05, 4.69) is 26.0 Å². The second-order valence-electron chi connectivity index (χ2n) is 3.72.